The van der Waals surface area contributed by atoms with Crippen molar-refractivity contribution in [2.24, 2.45) is 0 Å². The number of halogens is 2. The Morgan fingerprint density at radius 1 is 1.07 bits per heavy atom. The van der Waals surface area contributed by atoms with E-state index in [9.17, 15) is 18.4 Å². The van der Waals surface area contributed by atoms with Gasteiger partial charge in [-0.15, -0.1) is 0 Å². The molecule has 0 saturated carbocycles. The standard InChI is InChI=1S/C19H15F2N3O3/c1-11-2-4-13(5-3-11)18(25)22-17-9-16(19(26)27)23-24(17)10-12-6-14(20)8-15(21)7-12/h2-9H,10H2,1H3,(H,22,25)(H,26,27). The molecular formula is C19H15F2N3O3. The van der Waals surface area contributed by atoms with Gasteiger partial charge in [0.05, 0.1) is 6.54 Å². The van der Waals surface area contributed by atoms with E-state index in [0.29, 0.717) is 5.56 Å². The summed E-state index contributed by atoms with van der Waals surface area (Å²) in [5, 5.41) is 15.6. The lowest BCUT2D eigenvalue weighted by Gasteiger charge is -2.09. The second-order valence-electron chi connectivity index (χ2n) is 5.98. The van der Waals surface area contributed by atoms with E-state index in [1.54, 1.807) is 24.3 Å². The van der Waals surface area contributed by atoms with E-state index in [-0.39, 0.29) is 23.6 Å². The van der Waals surface area contributed by atoms with Crippen LogP contribution in [0.4, 0.5) is 14.6 Å². The Kier molecular flexibility index (Phi) is 4.98. The molecule has 8 heteroatoms. The Labute approximate surface area is 153 Å². The molecule has 2 aromatic carbocycles. The van der Waals surface area contributed by atoms with Gasteiger partial charge in [-0.2, -0.15) is 5.10 Å². The SMILES string of the molecule is Cc1ccc(C(=O)Nc2cc(C(=O)O)nn2Cc2cc(F)cc(F)c2)cc1. The third kappa shape index (κ3) is 4.35. The third-order valence-electron chi connectivity index (χ3n) is 3.81. The molecule has 6 nitrogen and oxygen atoms in total. The van der Waals surface area contributed by atoms with Crippen LogP contribution in [0.3, 0.4) is 0 Å². The largest absolute Gasteiger partial charge is 0.476 e. The average Bonchev–Trinajstić information content (AvgIpc) is 2.97. The summed E-state index contributed by atoms with van der Waals surface area (Å²) in [6.07, 6.45) is 0. The van der Waals surface area contributed by atoms with Crippen LogP contribution in [-0.2, 0) is 6.54 Å². The number of anilines is 1. The fourth-order valence-electron chi connectivity index (χ4n) is 2.51. The number of carbonyl (C=O) groups is 2. The molecular weight excluding hydrogens is 356 g/mol. The van der Waals surface area contributed by atoms with Crippen LogP contribution in [0.15, 0.2) is 48.5 Å². The first-order chi connectivity index (χ1) is 12.8. The van der Waals surface area contributed by atoms with E-state index in [1.807, 2.05) is 6.92 Å². The molecule has 0 atom stereocenters. The van der Waals surface area contributed by atoms with Crippen molar-refractivity contribution in [2.45, 2.75) is 13.5 Å². The number of benzene rings is 2. The Morgan fingerprint density at radius 3 is 2.30 bits per heavy atom. The number of nitrogens with zero attached hydrogens (tertiary/aromatic N) is 2. The topological polar surface area (TPSA) is 84.2 Å². The minimum atomic E-state index is -1.29. The zero-order valence-corrected chi connectivity index (χ0v) is 14.2. The molecule has 0 aliphatic carbocycles. The lowest BCUT2D eigenvalue weighted by molar-refractivity contribution is 0.0689. The monoisotopic (exact) mass is 371 g/mol. The maximum Gasteiger partial charge on any atom is 0.356 e. The summed E-state index contributed by atoms with van der Waals surface area (Å²) in [5.74, 6) is -3.17. The lowest BCUT2D eigenvalue weighted by Crippen LogP contribution is -2.16. The second kappa shape index (κ2) is 7.36. The van der Waals surface area contributed by atoms with Gasteiger partial charge in [0.2, 0.25) is 0 Å². The summed E-state index contributed by atoms with van der Waals surface area (Å²) < 4.78 is 28.0. The first-order valence-electron chi connectivity index (χ1n) is 7.96. The number of carboxylic acids is 1. The number of aromatic carboxylic acids is 1. The zero-order chi connectivity index (χ0) is 19.6. The highest BCUT2D eigenvalue weighted by atomic mass is 19.1. The van der Waals surface area contributed by atoms with E-state index < -0.39 is 23.5 Å². The summed E-state index contributed by atoms with van der Waals surface area (Å²) in [4.78, 5) is 23.6. The molecule has 0 bridgehead atoms. The van der Waals surface area contributed by atoms with E-state index in [4.69, 9.17) is 5.11 Å². The summed E-state index contributed by atoms with van der Waals surface area (Å²) in [5.41, 5.74) is 1.30. The molecule has 1 heterocycles. The molecule has 0 spiro atoms. The molecule has 138 valence electrons. The number of hydrogen-bond donors (Lipinski definition) is 2. The molecule has 1 amide bonds. The second-order valence-corrected chi connectivity index (χ2v) is 5.98. The maximum atomic E-state index is 13.4. The molecule has 0 radical (unpaired) electrons. The van der Waals surface area contributed by atoms with Gasteiger partial charge in [0.25, 0.3) is 5.91 Å². The van der Waals surface area contributed by atoms with Crippen LogP contribution in [0.2, 0.25) is 0 Å². The van der Waals surface area contributed by atoms with Crippen molar-refractivity contribution >= 4 is 17.7 Å². The number of aromatic nitrogens is 2. The van der Waals surface area contributed by atoms with Crippen molar-refractivity contribution in [2.75, 3.05) is 5.32 Å². The van der Waals surface area contributed by atoms with Crippen LogP contribution >= 0.6 is 0 Å². The van der Waals surface area contributed by atoms with Crippen LogP contribution in [-0.4, -0.2) is 26.8 Å². The fraction of sp³-hybridized carbons (Fsp3) is 0.105. The molecule has 0 unspecified atom stereocenters. The van der Waals surface area contributed by atoms with Gasteiger partial charge < -0.3 is 10.4 Å². The van der Waals surface area contributed by atoms with E-state index in [0.717, 1.165) is 23.8 Å². The van der Waals surface area contributed by atoms with E-state index in [2.05, 4.69) is 10.4 Å². The van der Waals surface area contributed by atoms with Crippen LogP contribution < -0.4 is 5.32 Å². The highest BCUT2D eigenvalue weighted by Gasteiger charge is 2.17. The van der Waals surface area contributed by atoms with Gasteiger partial charge in [-0.1, -0.05) is 17.7 Å². The molecule has 3 aromatic rings. The van der Waals surface area contributed by atoms with Crippen LogP contribution in [0.25, 0.3) is 0 Å². The van der Waals surface area contributed by atoms with E-state index >= 15 is 0 Å². The smallest absolute Gasteiger partial charge is 0.356 e. The molecule has 1 aromatic heterocycles. The van der Waals surface area contributed by atoms with Crippen molar-refractivity contribution < 1.29 is 23.5 Å². The number of hydrogen-bond acceptors (Lipinski definition) is 3. The molecule has 27 heavy (non-hydrogen) atoms. The Bertz CT molecular complexity index is 993. The summed E-state index contributed by atoms with van der Waals surface area (Å²) in [7, 11) is 0. The van der Waals surface area contributed by atoms with Crippen molar-refractivity contribution in [1.29, 1.82) is 0 Å². The van der Waals surface area contributed by atoms with Crippen LogP contribution in [0.1, 0.15) is 32.0 Å². The summed E-state index contributed by atoms with van der Waals surface area (Å²) >= 11 is 0. The number of nitrogens with one attached hydrogen (secondary N) is 1. The number of amides is 1. The summed E-state index contributed by atoms with van der Waals surface area (Å²) in [6.45, 7) is 1.76. The Hall–Kier alpha value is -3.55. The molecule has 0 fully saturated rings. The quantitative estimate of drug-likeness (QED) is 0.719. The van der Waals surface area contributed by atoms with Crippen molar-refractivity contribution in [3.8, 4) is 0 Å². The van der Waals surface area contributed by atoms with Gasteiger partial charge in [0, 0.05) is 17.7 Å². The minimum Gasteiger partial charge on any atom is -0.476 e. The van der Waals surface area contributed by atoms with Gasteiger partial charge in [0.1, 0.15) is 17.5 Å². The Morgan fingerprint density at radius 2 is 1.70 bits per heavy atom. The molecule has 0 saturated heterocycles. The van der Waals surface area contributed by atoms with Gasteiger partial charge in [0.15, 0.2) is 5.69 Å². The van der Waals surface area contributed by atoms with Gasteiger partial charge in [-0.25, -0.2) is 18.3 Å². The van der Waals surface area contributed by atoms with Gasteiger partial charge in [-0.3, -0.25) is 4.79 Å². The lowest BCUT2D eigenvalue weighted by atomic mass is 10.1. The fourth-order valence-corrected chi connectivity index (χ4v) is 2.51. The molecule has 3 rings (SSSR count). The zero-order valence-electron chi connectivity index (χ0n) is 14.2. The first-order valence-corrected chi connectivity index (χ1v) is 7.96. The normalized spacial score (nSPS) is 10.6. The maximum absolute atomic E-state index is 13.4. The summed E-state index contributed by atoms with van der Waals surface area (Å²) in [6, 6.07) is 10.9. The van der Waals surface area contributed by atoms with Gasteiger partial charge >= 0.3 is 5.97 Å². The van der Waals surface area contributed by atoms with E-state index in [1.165, 1.54) is 10.7 Å². The van der Waals surface area contributed by atoms with Crippen molar-refractivity contribution in [3.05, 3.63) is 82.5 Å². The average molecular weight is 371 g/mol. The number of aryl methyl sites for hydroxylation is 1. The molecule has 2 N–H and O–H groups in total. The Balaban J connectivity index is 1.90. The third-order valence-corrected chi connectivity index (χ3v) is 3.81. The molecule has 0 aliphatic heterocycles. The number of carbonyl (C=O) groups excluding carboxylic acids is 1. The predicted molar refractivity (Wildman–Crippen MR) is 93.8 cm³/mol. The predicted octanol–water partition coefficient (Wildman–Crippen LogP) is 3.47. The van der Waals surface area contributed by atoms with Gasteiger partial charge in [-0.05, 0) is 36.8 Å². The molecule has 0 aliphatic rings. The van der Waals surface area contributed by atoms with Crippen LogP contribution in [0.5, 0.6) is 0 Å². The van der Waals surface area contributed by atoms with Crippen molar-refractivity contribution in [1.82, 2.24) is 9.78 Å². The first kappa shape index (κ1) is 18.2. The highest BCUT2D eigenvalue weighted by Crippen LogP contribution is 2.17. The van der Waals surface area contributed by atoms with Crippen LogP contribution in [0, 0.1) is 18.6 Å². The number of carboxylic acid groups (broad SMARTS) is 1. The van der Waals surface area contributed by atoms with Crippen molar-refractivity contribution in [3.63, 3.8) is 0 Å². The minimum absolute atomic E-state index is 0.0997. The highest BCUT2D eigenvalue weighted by molar-refractivity contribution is 6.04. The number of rotatable bonds is 5.